The van der Waals surface area contributed by atoms with Crippen LogP contribution in [0, 0.1) is 15.9 Å². The minimum Gasteiger partial charge on any atom is -0.325 e. The molecule has 1 amide bonds. The SMILES string of the molecule is C[C@H](Sc1nnnn1C)C(=O)Nc1ccc(F)c([N+](=O)[O-])c1. The highest BCUT2D eigenvalue weighted by Crippen LogP contribution is 2.24. The van der Waals surface area contributed by atoms with Gasteiger partial charge in [0.25, 0.3) is 0 Å². The van der Waals surface area contributed by atoms with Gasteiger partial charge in [-0.3, -0.25) is 14.9 Å². The average Bonchev–Trinajstić information content (AvgIpc) is 2.86. The van der Waals surface area contributed by atoms with E-state index >= 15 is 0 Å². The van der Waals surface area contributed by atoms with Crippen molar-refractivity contribution in [1.29, 1.82) is 0 Å². The fraction of sp³-hybridized carbons (Fsp3) is 0.273. The predicted octanol–water partition coefficient (Wildman–Crippen LogP) is 1.38. The molecule has 2 rings (SSSR count). The summed E-state index contributed by atoms with van der Waals surface area (Å²) in [5.74, 6) is -1.37. The van der Waals surface area contributed by atoms with E-state index < -0.39 is 27.6 Å². The Morgan fingerprint density at radius 3 is 2.86 bits per heavy atom. The van der Waals surface area contributed by atoms with Gasteiger partial charge in [-0.2, -0.15) is 4.39 Å². The van der Waals surface area contributed by atoms with Crippen LogP contribution < -0.4 is 5.32 Å². The number of carbonyl (C=O) groups is 1. The summed E-state index contributed by atoms with van der Waals surface area (Å²) in [5.41, 5.74) is -0.558. The van der Waals surface area contributed by atoms with Gasteiger partial charge < -0.3 is 5.32 Å². The van der Waals surface area contributed by atoms with Crippen LogP contribution in [-0.2, 0) is 11.8 Å². The maximum absolute atomic E-state index is 13.2. The fourth-order valence-corrected chi connectivity index (χ4v) is 2.26. The number of benzene rings is 1. The van der Waals surface area contributed by atoms with Crippen LogP contribution in [0.4, 0.5) is 15.8 Å². The van der Waals surface area contributed by atoms with Crippen molar-refractivity contribution in [1.82, 2.24) is 20.2 Å². The number of aromatic nitrogens is 4. The molecule has 0 unspecified atom stereocenters. The molecule has 0 saturated carbocycles. The number of hydrogen-bond acceptors (Lipinski definition) is 7. The number of hydrogen-bond donors (Lipinski definition) is 1. The molecule has 1 heterocycles. The molecule has 1 aromatic heterocycles. The number of thioether (sulfide) groups is 1. The van der Waals surface area contributed by atoms with Crippen LogP contribution >= 0.6 is 11.8 Å². The first kappa shape index (κ1) is 15.8. The van der Waals surface area contributed by atoms with Gasteiger partial charge >= 0.3 is 5.69 Å². The smallest absolute Gasteiger partial charge is 0.306 e. The van der Waals surface area contributed by atoms with E-state index in [-0.39, 0.29) is 5.69 Å². The molecule has 0 radical (unpaired) electrons. The van der Waals surface area contributed by atoms with Crippen molar-refractivity contribution >= 4 is 29.0 Å². The van der Waals surface area contributed by atoms with Gasteiger partial charge in [-0.25, -0.2) is 4.68 Å². The van der Waals surface area contributed by atoms with Crippen LogP contribution in [-0.4, -0.2) is 36.3 Å². The molecule has 1 atom stereocenters. The Balaban J connectivity index is 2.07. The quantitative estimate of drug-likeness (QED) is 0.501. The molecular weight excluding hydrogens is 315 g/mol. The number of rotatable bonds is 5. The summed E-state index contributed by atoms with van der Waals surface area (Å²) in [4.78, 5) is 21.9. The maximum Gasteiger partial charge on any atom is 0.306 e. The van der Waals surface area contributed by atoms with Crippen molar-refractivity contribution in [2.45, 2.75) is 17.3 Å². The number of nitro benzene ring substituents is 1. The van der Waals surface area contributed by atoms with E-state index in [1.54, 1.807) is 14.0 Å². The molecule has 0 saturated heterocycles. The highest BCUT2D eigenvalue weighted by atomic mass is 32.2. The van der Waals surface area contributed by atoms with Crippen molar-refractivity contribution < 1.29 is 14.1 Å². The van der Waals surface area contributed by atoms with E-state index in [4.69, 9.17) is 0 Å². The lowest BCUT2D eigenvalue weighted by Gasteiger charge is -2.10. The molecule has 22 heavy (non-hydrogen) atoms. The highest BCUT2D eigenvalue weighted by Gasteiger charge is 2.20. The molecule has 11 heteroatoms. The summed E-state index contributed by atoms with van der Waals surface area (Å²) < 4.78 is 14.6. The Hall–Kier alpha value is -2.56. The number of halogens is 1. The lowest BCUT2D eigenvalue weighted by molar-refractivity contribution is -0.387. The van der Waals surface area contributed by atoms with E-state index in [2.05, 4.69) is 20.8 Å². The number of amides is 1. The second-order valence-electron chi connectivity index (χ2n) is 4.26. The number of anilines is 1. The topological polar surface area (TPSA) is 116 Å². The van der Waals surface area contributed by atoms with Gasteiger partial charge in [-0.15, -0.1) is 5.10 Å². The molecule has 0 aliphatic rings. The fourth-order valence-electron chi connectivity index (χ4n) is 1.51. The second kappa shape index (κ2) is 6.47. The third-order valence-corrected chi connectivity index (χ3v) is 3.77. The van der Waals surface area contributed by atoms with Gasteiger partial charge in [-0.05, 0) is 29.5 Å². The Labute approximate surface area is 128 Å². The van der Waals surface area contributed by atoms with Crippen molar-refractivity contribution in [2.75, 3.05) is 5.32 Å². The first-order chi connectivity index (χ1) is 10.4. The number of aryl methyl sites for hydroxylation is 1. The molecule has 9 nitrogen and oxygen atoms in total. The summed E-state index contributed by atoms with van der Waals surface area (Å²) in [6.45, 7) is 1.63. The third kappa shape index (κ3) is 3.55. The molecule has 1 aromatic carbocycles. The summed E-state index contributed by atoms with van der Waals surface area (Å²) >= 11 is 1.12. The zero-order chi connectivity index (χ0) is 16.3. The average molecular weight is 326 g/mol. The third-order valence-electron chi connectivity index (χ3n) is 2.64. The van der Waals surface area contributed by atoms with Crippen LogP contribution in [0.3, 0.4) is 0 Å². The van der Waals surface area contributed by atoms with Crippen LogP contribution in [0.15, 0.2) is 23.4 Å². The van der Waals surface area contributed by atoms with E-state index in [1.807, 2.05) is 0 Å². The van der Waals surface area contributed by atoms with Crippen molar-refractivity contribution in [3.63, 3.8) is 0 Å². The second-order valence-corrected chi connectivity index (χ2v) is 5.57. The summed E-state index contributed by atoms with van der Waals surface area (Å²) in [7, 11) is 1.64. The minimum absolute atomic E-state index is 0.140. The Bertz CT molecular complexity index is 722. The van der Waals surface area contributed by atoms with Crippen molar-refractivity contribution in [2.24, 2.45) is 7.05 Å². The van der Waals surface area contributed by atoms with E-state index in [0.717, 1.165) is 23.9 Å². The maximum atomic E-state index is 13.2. The number of nitrogens with zero attached hydrogens (tertiary/aromatic N) is 5. The molecule has 0 aliphatic carbocycles. The van der Waals surface area contributed by atoms with Gasteiger partial charge in [0.15, 0.2) is 0 Å². The van der Waals surface area contributed by atoms with Crippen LogP contribution in [0.5, 0.6) is 0 Å². The zero-order valence-corrected chi connectivity index (χ0v) is 12.4. The molecule has 116 valence electrons. The van der Waals surface area contributed by atoms with E-state index in [0.29, 0.717) is 5.16 Å². The van der Waals surface area contributed by atoms with Crippen LogP contribution in [0.25, 0.3) is 0 Å². The number of nitrogens with one attached hydrogen (secondary N) is 1. The van der Waals surface area contributed by atoms with E-state index in [1.165, 1.54) is 10.7 Å². The lowest BCUT2D eigenvalue weighted by atomic mass is 10.2. The standard InChI is InChI=1S/C11H11FN6O3S/c1-6(22-11-14-15-16-17(11)2)10(19)13-7-3-4-8(12)9(5-7)18(20)21/h3-6H,1-2H3,(H,13,19)/t6-/m0/s1. The van der Waals surface area contributed by atoms with Crippen molar-refractivity contribution in [3.05, 3.63) is 34.1 Å². The Morgan fingerprint density at radius 2 is 2.27 bits per heavy atom. The van der Waals surface area contributed by atoms with Gasteiger partial charge in [0.2, 0.25) is 16.9 Å². The van der Waals surface area contributed by atoms with Crippen molar-refractivity contribution in [3.8, 4) is 0 Å². The summed E-state index contributed by atoms with van der Waals surface area (Å²) in [6.07, 6.45) is 0. The largest absolute Gasteiger partial charge is 0.325 e. The van der Waals surface area contributed by atoms with Crippen LogP contribution in [0.1, 0.15) is 6.92 Å². The van der Waals surface area contributed by atoms with E-state index in [9.17, 15) is 19.3 Å². The van der Waals surface area contributed by atoms with Gasteiger partial charge in [0.05, 0.1) is 10.2 Å². The molecule has 0 fully saturated rings. The summed E-state index contributed by atoms with van der Waals surface area (Å²) in [5, 5.41) is 23.9. The molecule has 2 aromatic rings. The monoisotopic (exact) mass is 326 g/mol. The van der Waals surface area contributed by atoms with Gasteiger partial charge in [0.1, 0.15) is 0 Å². The molecule has 0 aliphatic heterocycles. The molecule has 0 spiro atoms. The van der Waals surface area contributed by atoms with Gasteiger partial charge in [-0.1, -0.05) is 11.8 Å². The first-order valence-electron chi connectivity index (χ1n) is 6.02. The number of carbonyl (C=O) groups excluding carboxylic acids is 1. The van der Waals surface area contributed by atoms with Crippen LogP contribution in [0.2, 0.25) is 0 Å². The molecular formula is C11H11FN6O3S. The lowest BCUT2D eigenvalue weighted by Crippen LogP contribution is -2.23. The minimum atomic E-state index is -0.962. The first-order valence-corrected chi connectivity index (χ1v) is 6.90. The Kier molecular flexibility index (Phi) is 4.65. The predicted molar refractivity (Wildman–Crippen MR) is 75.8 cm³/mol. The normalized spacial score (nSPS) is 12.0. The zero-order valence-electron chi connectivity index (χ0n) is 11.6. The number of tetrazole rings is 1. The van der Waals surface area contributed by atoms with Gasteiger partial charge in [0, 0.05) is 18.8 Å². The summed E-state index contributed by atoms with van der Waals surface area (Å²) in [6, 6.07) is 3.15. The molecule has 0 bridgehead atoms. The highest BCUT2D eigenvalue weighted by molar-refractivity contribution is 8.00. The molecule has 1 N–H and O–H groups in total. The Morgan fingerprint density at radius 1 is 1.55 bits per heavy atom. The number of nitro groups is 1.